The Balaban J connectivity index is 2.58. The van der Waals surface area contributed by atoms with Gasteiger partial charge in [0.1, 0.15) is 0 Å². The van der Waals surface area contributed by atoms with Gasteiger partial charge >= 0.3 is 11.9 Å². The fraction of sp³-hybridized carbons (Fsp3) is 0.0714. The second-order valence-corrected chi connectivity index (χ2v) is 3.62. The Morgan fingerprint density at radius 2 is 2.11 bits per heavy atom. The molecule has 0 bridgehead atoms. The number of carbonyl (C=O) groups is 2. The number of benzene rings is 1. The summed E-state index contributed by atoms with van der Waals surface area (Å²) >= 11 is 0. The van der Waals surface area contributed by atoms with E-state index in [-0.39, 0.29) is 0 Å². The fourth-order valence-electron chi connectivity index (χ4n) is 1.84. The predicted molar refractivity (Wildman–Crippen MR) is 72.7 cm³/mol. The highest BCUT2D eigenvalue weighted by molar-refractivity contribution is 6.17. The van der Waals surface area contributed by atoms with Crippen LogP contribution in [0.5, 0.6) is 0 Å². The maximum atomic E-state index is 10.3. The molecule has 0 atom stereocenters. The lowest BCUT2D eigenvalue weighted by Crippen LogP contribution is -2.09. The molecule has 0 aliphatic heterocycles. The SMILES string of the molecule is O=CC=Nc1cccc2c1C=CCC2=[N+]=CC=O. The largest absolute Gasteiger partial charge is 0.332 e. The summed E-state index contributed by atoms with van der Waals surface area (Å²) in [5.74, 6) is 0. The van der Waals surface area contributed by atoms with Gasteiger partial charge in [-0.25, -0.2) is 0 Å². The molecule has 88 valence electrons. The molecule has 4 nitrogen and oxygen atoms in total. The molecule has 1 aliphatic rings. The molecule has 0 fully saturated rings. The number of aliphatic imine (C=N–C) groups is 1. The van der Waals surface area contributed by atoms with Gasteiger partial charge in [0.2, 0.25) is 6.29 Å². The number of hydrogen-bond acceptors (Lipinski definition) is 3. The fourth-order valence-corrected chi connectivity index (χ4v) is 1.84. The summed E-state index contributed by atoms with van der Waals surface area (Å²) < 4.78 is 4.12. The Morgan fingerprint density at radius 1 is 1.22 bits per heavy atom. The van der Waals surface area contributed by atoms with Gasteiger partial charge in [-0.05, 0) is 12.1 Å². The zero-order chi connectivity index (χ0) is 12.8. The number of fused-ring (bicyclic) bond motifs is 1. The lowest BCUT2D eigenvalue weighted by atomic mass is 9.94. The van der Waals surface area contributed by atoms with Crippen molar-refractivity contribution in [2.24, 2.45) is 4.99 Å². The lowest BCUT2D eigenvalue weighted by Gasteiger charge is -2.08. The second kappa shape index (κ2) is 5.66. The Morgan fingerprint density at radius 3 is 2.89 bits per heavy atom. The van der Waals surface area contributed by atoms with E-state index in [2.05, 4.69) is 9.66 Å². The molecule has 18 heavy (non-hydrogen) atoms. The molecule has 0 N–H and O–H groups in total. The summed E-state index contributed by atoms with van der Waals surface area (Å²) in [7, 11) is 0. The van der Waals surface area contributed by atoms with Crippen LogP contribution in [0.4, 0.5) is 5.69 Å². The van der Waals surface area contributed by atoms with Crippen LogP contribution in [0.15, 0.2) is 29.3 Å². The van der Waals surface area contributed by atoms with E-state index >= 15 is 0 Å². The highest BCUT2D eigenvalue weighted by Gasteiger charge is 2.20. The molecule has 0 amide bonds. The normalized spacial score (nSPS) is 13.0. The van der Waals surface area contributed by atoms with E-state index in [1.54, 1.807) is 0 Å². The number of hydrogen-bond donors (Lipinski definition) is 0. The first-order chi connectivity index (χ1) is 8.86. The van der Waals surface area contributed by atoms with Gasteiger partial charge in [-0.1, -0.05) is 22.9 Å². The first-order valence-corrected chi connectivity index (χ1v) is 5.48. The standard InChI is InChI=1S/C14H11N2O2/c17-9-7-15-13-5-1-3-11-12(13)4-2-6-14(11)16-8-10-18/h1-5,7-10H,6H2/q+1. The van der Waals surface area contributed by atoms with Crippen LogP contribution in [0, 0.1) is 0 Å². The molecular weight excluding hydrogens is 228 g/mol. The summed E-state index contributed by atoms with van der Waals surface area (Å²) in [5.41, 5.74) is 3.40. The molecule has 4 heteroatoms. The minimum atomic E-state index is 0.640. The first-order valence-electron chi connectivity index (χ1n) is 5.48. The highest BCUT2D eigenvalue weighted by atomic mass is 16.1. The number of carbonyl (C=O) groups excluding carboxylic acids is 2. The molecule has 1 aliphatic carbocycles. The second-order valence-electron chi connectivity index (χ2n) is 3.62. The number of allylic oxidation sites excluding steroid dienone is 1. The van der Waals surface area contributed by atoms with E-state index in [0.29, 0.717) is 24.7 Å². The maximum Gasteiger partial charge on any atom is 0.332 e. The van der Waals surface area contributed by atoms with Crippen molar-refractivity contribution in [2.75, 3.05) is 0 Å². The Kier molecular flexibility index (Phi) is 3.74. The summed E-state index contributed by atoms with van der Waals surface area (Å²) in [6, 6.07) is 5.61. The topological polar surface area (TPSA) is 60.6 Å². The summed E-state index contributed by atoms with van der Waals surface area (Å²) in [5, 5.41) is 0. The predicted octanol–water partition coefficient (Wildman–Crippen LogP) is 1.13. The van der Waals surface area contributed by atoms with Gasteiger partial charge in [0.15, 0.2) is 6.29 Å². The van der Waals surface area contributed by atoms with Crippen molar-refractivity contribution in [3.8, 4) is 0 Å². The van der Waals surface area contributed by atoms with Crippen LogP contribution < -0.4 is 4.67 Å². The zero-order valence-corrected chi connectivity index (χ0v) is 9.61. The molecule has 0 spiro atoms. The summed E-state index contributed by atoms with van der Waals surface area (Å²) in [6.07, 6.45) is 8.33. The van der Waals surface area contributed by atoms with Crippen LogP contribution in [-0.2, 0) is 9.59 Å². The quantitative estimate of drug-likeness (QED) is 0.451. The third-order valence-electron chi connectivity index (χ3n) is 2.56. The van der Waals surface area contributed by atoms with Crippen molar-refractivity contribution in [1.29, 1.82) is 0 Å². The van der Waals surface area contributed by atoms with E-state index in [1.807, 2.05) is 30.4 Å². The van der Waals surface area contributed by atoms with Crippen LogP contribution in [-0.4, -0.2) is 30.7 Å². The van der Waals surface area contributed by atoms with Gasteiger partial charge in [0.05, 0.1) is 23.9 Å². The molecule has 0 heterocycles. The van der Waals surface area contributed by atoms with Crippen molar-refractivity contribution in [3.63, 3.8) is 0 Å². The Hall–Kier alpha value is -2.58. The van der Waals surface area contributed by atoms with Crippen molar-refractivity contribution >= 4 is 42.5 Å². The minimum absolute atomic E-state index is 0.640. The van der Waals surface area contributed by atoms with Crippen molar-refractivity contribution < 1.29 is 9.59 Å². The van der Waals surface area contributed by atoms with Gasteiger partial charge in [0.25, 0.3) is 0 Å². The maximum absolute atomic E-state index is 10.3. The number of rotatable bonds is 3. The van der Waals surface area contributed by atoms with Crippen molar-refractivity contribution in [2.45, 2.75) is 6.42 Å². The van der Waals surface area contributed by atoms with E-state index in [0.717, 1.165) is 16.8 Å². The van der Waals surface area contributed by atoms with Crippen molar-refractivity contribution in [1.82, 2.24) is 4.67 Å². The lowest BCUT2D eigenvalue weighted by molar-refractivity contribution is -0.103. The molecule has 0 unspecified atom stereocenters. The molecule has 1 aromatic rings. The van der Waals surface area contributed by atoms with Crippen LogP contribution in [0.1, 0.15) is 17.5 Å². The monoisotopic (exact) mass is 239 g/mol. The number of aldehydes is 2. The van der Waals surface area contributed by atoms with Crippen LogP contribution >= 0.6 is 0 Å². The van der Waals surface area contributed by atoms with E-state index in [9.17, 15) is 9.59 Å². The number of nitrogens with zero attached hydrogens (tertiary/aromatic N) is 2. The van der Waals surface area contributed by atoms with Gasteiger partial charge in [0, 0.05) is 5.56 Å². The molecule has 2 rings (SSSR count). The smallest absolute Gasteiger partial charge is 0.297 e. The van der Waals surface area contributed by atoms with Crippen LogP contribution in [0.25, 0.3) is 6.08 Å². The molecule has 0 aromatic heterocycles. The third-order valence-corrected chi connectivity index (χ3v) is 2.56. The Labute approximate surface area is 104 Å². The zero-order valence-electron chi connectivity index (χ0n) is 9.61. The highest BCUT2D eigenvalue weighted by Crippen LogP contribution is 2.28. The molecular formula is C14H11N2O2+. The van der Waals surface area contributed by atoms with Crippen LogP contribution in [0.3, 0.4) is 0 Å². The summed E-state index contributed by atoms with van der Waals surface area (Å²) in [6.45, 7) is 0. The molecule has 0 radical (unpaired) electrons. The van der Waals surface area contributed by atoms with Gasteiger partial charge in [-0.15, -0.1) is 0 Å². The third kappa shape index (κ3) is 2.39. The average Bonchev–Trinajstić information content (AvgIpc) is 2.42. The van der Waals surface area contributed by atoms with E-state index in [4.69, 9.17) is 0 Å². The molecule has 0 saturated heterocycles. The molecule has 0 saturated carbocycles. The first kappa shape index (κ1) is 11.9. The van der Waals surface area contributed by atoms with Gasteiger partial charge < -0.3 is 0 Å². The van der Waals surface area contributed by atoms with Crippen molar-refractivity contribution in [3.05, 3.63) is 35.4 Å². The van der Waals surface area contributed by atoms with E-state index < -0.39 is 0 Å². The average molecular weight is 239 g/mol. The van der Waals surface area contributed by atoms with Gasteiger partial charge in [-0.3, -0.25) is 14.6 Å². The van der Waals surface area contributed by atoms with E-state index in [1.165, 1.54) is 12.4 Å². The van der Waals surface area contributed by atoms with Gasteiger partial charge in [-0.2, -0.15) is 0 Å². The molecule has 1 aromatic carbocycles. The Bertz CT molecular complexity index is 606. The van der Waals surface area contributed by atoms with Crippen LogP contribution in [0.2, 0.25) is 0 Å². The minimum Gasteiger partial charge on any atom is -0.297 e. The summed E-state index contributed by atoms with van der Waals surface area (Å²) in [4.78, 5) is 24.7.